The lowest BCUT2D eigenvalue weighted by molar-refractivity contribution is -0.121. The molecule has 0 bridgehead atoms. The standard InChI is InChI=1S/C8H14O2S2/c1-5(9)7(11-3)8(12-4)6(2)10/h7-8H,1-4H3. The van der Waals surface area contributed by atoms with Gasteiger partial charge >= 0.3 is 0 Å². The zero-order valence-corrected chi connectivity index (χ0v) is 9.42. The van der Waals surface area contributed by atoms with E-state index < -0.39 is 0 Å². The molecule has 70 valence electrons. The first-order valence-corrected chi connectivity index (χ1v) is 6.18. The van der Waals surface area contributed by atoms with Crippen molar-refractivity contribution in [3.63, 3.8) is 0 Å². The summed E-state index contributed by atoms with van der Waals surface area (Å²) in [6.07, 6.45) is 3.72. The van der Waals surface area contributed by atoms with Crippen LogP contribution in [0.3, 0.4) is 0 Å². The van der Waals surface area contributed by atoms with Crippen molar-refractivity contribution in [3.8, 4) is 0 Å². The summed E-state index contributed by atoms with van der Waals surface area (Å²) < 4.78 is 0. The largest absolute Gasteiger partial charge is 0.299 e. The summed E-state index contributed by atoms with van der Waals surface area (Å²) in [5, 5.41) is -0.366. The minimum Gasteiger partial charge on any atom is -0.299 e. The highest BCUT2D eigenvalue weighted by atomic mass is 32.2. The Bertz CT molecular complexity index is 160. The van der Waals surface area contributed by atoms with Crippen molar-refractivity contribution in [1.29, 1.82) is 0 Å². The van der Waals surface area contributed by atoms with Gasteiger partial charge in [0.1, 0.15) is 11.6 Å². The topological polar surface area (TPSA) is 34.1 Å². The summed E-state index contributed by atoms with van der Waals surface area (Å²) in [7, 11) is 0. The second-order valence-corrected chi connectivity index (χ2v) is 4.49. The van der Waals surface area contributed by atoms with Gasteiger partial charge in [-0.05, 0) is 26.4 Å². The van der Waals surface area contributed by atoms with Crippen molar-refractivity contribution in [3.05, 3.63) is 0 Å². The Labute approximate surface area is 81.9 Å². The van der Waals surface area contributed by atoms with E-state index in [9.17, 15) is 9.59 Å². The van der Waals surface area contributed by atoms with Crippen LogP contribution in [0.1, 0.15) is 13.8 Å². The van der Waals surface area contributed by atoms with Gasteiger partial charge in [0.2, 0.25) is 0 Å². The van der Waals surface area contributed by atoms with Crippen LogP contribution in [0.4, 0.5) is 0 Å². The lowest BCUT2D eigenvalue weighted by Gasteiger charge is -2.18. The average Bonchev–Trinajstić information content (AvgIpc) is 1.98. The molecule has 0 saturated carbocycles. The number of ketones is 2. The summed E-state index contributed by atoms with van der Waals surface area (Å²) in [5.74, 6) is 0.161. The van der Waals surface area contributed by atoms with E-state index in [1.807, 2.05) is 12.5 Å². The highest BCUT2D eigenvalue weighted by Crippen LogP contribution is 2.22. The van der Waals surface area contributed by atoms with Crippen LogP contribution >= 0.6 is 23.5 Å². The molecule has 0 fully saturated rings. The van der Waals surface area contributed by atoms with Crippen LogP contribution < -0.4 is 0 Å². The van der Waals surface area contributed by atoms with Gasteiger partial charge in [0, 0.05) is 0 Å². The maximum Gasteiger partial charge on any atom is 0.144 e. The molecule has 2 unspecified atom stereocenters. The van der Waals surface area contributed by atoms with Gasteiger partial charge in [-0.3, -0.25) is 9.59 Å². The Hall–Kier alpha value is 0.0400. The Kier molecular flexibility index (Phi) is 5.66. The highest BCUT2D eigenvalue weighted by molar-refractivity contribution is 8.04. The van der Waals surface area contributed by atoms with E-state index in [1.165, 1.54) is 37.4 Å². The molecule has 0 aliphatic carbocycles. The van der Waals surface area contributed by atoms with E-state index >= 15 is 0 Å². The third kappa shape index (κ3) is 3.19. The monoisotopic (exact) mass is 206 g/mol. The Balaban J connectivity index is 4.44. The fraction of sp³-hybridized carbons (Fsp3) is 0.750. The summed E-state index contributed by atoms with van der Waals surface area (Å²) in [4.78, 5) is 22.2. The molecule has 0 radical (unpaired) electrons. The Morgan fingerprint density at radius 3 is 1.25 bits per heavy atom. The molecular formula is C8H14O2S2. The number of carbonyl (C=O) groups is 2. The van der Waals surface area contributed by atoms with Crippen LogP contribution in [0.25, 0.3) is 0 Å². The lowest BCUT2D eigenvalue weighted by atomic mass is 10.2. The minimum absolute atomic E-state index is 0.0806. The predicted octanol–water partition coefficient (Wildman–Crippen LogP) is 1.63. The van der Waals surface area contributed by atoms with Gasteiger partial charge in [-0.15, -0.1) is 0 Å². The predicted molar refractivity (Wildman–Crippen MR) is 56.0 cm³/mol. The maximum atomic E-state index is 11.1. The van der Waals surface area contributed by atoms with Crippen LogP contribution in [-0.4, -0.2) is 34.6 Å². The molecule has 0 amide bonds. The van der Waals surface area contributed by atoms with E-state index in [1.54, 1.807) is 0 Å². The fourth-order valence-corrected chi connectivity index (χ4v) is 3.21. The van der Waals surface area contributed by atoms with Crippen LogP contribution in [-0.2, 0) is 9.59 Å². The van der Waals surface area contributed by atoms with E-state index in [2.05, 4.69) is 0 Å². The summed E-state index contributed by atoms with van der Waals surface area (Å²) >= 11 is 2.90. The van der Waals surface area contributed by atoms with E-state index in [4.69, 9.17) is 0 Å². The van der Waals surface area contributed by atoms with Gasteiger partial charge in [-0.1, -0.05) is 0 Å². The van der Waals surface area contributed by atoms with E-state index in [-0.39, 0.29) is 22.1 Å². The quantitative estimate of drug-likeness (QED) is 0.684. The van der Waals surface area contributed by atoms with Gasteiger partial charge in [-0.2, -0.15) is 23.5 Å². The molecule has 0 aliphatic rings. The number of rotatable bonds is 5. The van der Waals surface area contributed by atoms with E-state index in [0.717, 1.165) is 0 Å². The number of carbonyl (C=O) groups excluding carboxylic acids is 2. The summed E-state index contributed by atoms with van der Waals surface area (Å²) in [6.45, 7) is 3.07. The van der Waals surface area contributed by atoms with Gasteiger partial charge in [-0.25, -0.2) is 0 Å². The van der Waals surface area contributed by atoms with Gasteiger partial charge in [0.25, 0.3) is 0 Å². The molecule has 0 spiro atoms. The molecule has 0 aliphatic heterocycles. The van der Waals surface area contributed by atoms with Crippen LogP contribution in [0.5, 0.6) is 0 Å². The molecule has 0 rings (SSSR count). The van der Waals surface area contributed by atoms with Crippen molar-refractivity contribution in [2.75, 3.05) is 12.5 Å². The van der Waals surface area contributed by atoms with Crippen molar-refractivity contribution >= 4 is 35.1 Å². The first-order chi connectivity index (χ1) is 5.54. The zero-order valence-electron chi connectivity index (χ0n) is 7.79. The molecule has 12 heavy (non-hydrogen) atoms. The van der Waals surface area contributed by atoms with Gasteiger partial charge in [0.15, 0.2) is 0 Å². The van der Waals surface area contributed by atoms with Crippen molar-refractivity contribution in [2.24, 2.45) is 0 Å². The number of hydrogen-bond donors (Lipinski definition) is 0. The van der Waals surface area contributed by atoms with E-state index in [0.29, 0.717) is 0 Å². The first kappa shape index (κ1) is 12.0. The second kappa shape index (κ2) is 5.65. The van der Waals surface area contributed by atoms with Crippen molar-refractivity contribution in [2.45, 2.75) is 24.3 Å². The average molecular weight is 206 g/mol. The lowest BCUT2D eigenvalue weighted by Crippen LogP contribution is -2.32. The fourth-order valence-electron chi connectivity index (χ4n) is 1.01. The first-order valence-electron chi connectivity index (χ1n) is 3.61. The summed E-state index contributed by atoms with van der Waals surface area (Å²) in [6, 6.07) is 0. The Morgan fingerprint density at radius 2 is 1.17 bits per heavy atom. The van der Waals surface area contributed by atoms with Gasteiger partial charge in [0.05, 0.1) is 10.5 Å². The molecule has 0 saturated heterocycles. The molecular weight excluding hydrogens is 192 g/mol. The molecule has 4 heteroatoms. The van der Waals surface area contributed by atoms with Gasteiger partial charge < -0.3 is 0 Å². The maximum absolute atomic E-state index is 11.1. The third-order valence-electron chi connectivity index (χ3n) is 1.58. The molecule has 0 N–H and O–H groups in total. The highest BCUT2D eigenvalue weighted by Gasteiger charge is 2.27. The number of hydrogen-bond acceptors (Lipinski definition) is 4. The third-order valence-corrected chi connectivity index (χ3v) is 3.98. The molecule has 0 aromatic carbocycles. The molecule has 0 aromatic heterocycles. The number of Topliss-reactive ketones (excluding diaryl/α,β-unsaturated/α-hetero) is 2. The van der Waals surface area contributed by atoms with Crippen LogP contribution in [0.15, 0.2) is 0 Å². The smallest absolute Gasteiger partial charge is 0.144 e. The zero-order chi connectivity index (χ0) is 9.72. The molecule has 0 heterocycles. The minimum atomic E-state index is -0.183. The Morgan fingerprint density at radius 1 is 0.917 bits per heavy atom. The van der Waals surface area contributed by atoms with Crippen molar-refractivity contribution < 1.29 is 9.59 Å². The second-order valence-electron chi connectivity index (χ2n) is 2.53. The summed E-state index contributed by atoms with van der Waals surface area (Å²) in [5.41, 5.74) is 0. The SMILES string of the molecule is CSC(C(C)=O)C(SC)C(C)=O. The van der Waals surface area contributed by atoms with Crippen LogP contribution in [0.2, 0.25) is 0 Å². The molecule has 2 atom stereocenters. The molecule has 0 aromatic rings. The van der Waals surface area contributed by atoms with Crippen molar-refractivity contribution in [1.82, 2.24) is 0 Å². The number of thioether (sulfide) groups is 2. The van der Waals surface area contributed by atoms with Crippen LogP contribution in [0, 0.1) is 0 Å². The normalized spacial score (nSPS) is 15.3. The molecule has 2 nitrogen and oxygen atoms in total.